The zero-order valence-electron chi connectivity index (χ0n) is 9.13. The first kappa shape index (κ1) is 14.1. The topological polar surface area (TPSA) is 37.3 Å². The first-order chi connectivity index (χ1) is 8.06. The largest absolute Gasteiger partial charge is 0.481 e. The number of rotatable bonds is 6. The molecular formula is C12H13BrF2O2. The Morgan fingerprint density at radius 3 is 2.65 bits per heavy atom. The molecule has 1 aromatic carbocycles. The summed E-state index contributed by atoms with van der Waals surface area (Å²) in [6.45, 7) is 0. The van der Waals surface area contributed by atoms with Crippen molar-refractivity contribution >= 4 is 21.9 Å². The second-order valence-electron chi connectivity index (χ2n) is 3.65. The van der Waals surface area contributed by atoms with Gasteiger partial charge in [-0.1, -0.05) is 34.1 Å². The van der Waals surface area contributed by atoms with Crippen LogP contribution in [0.4, 0.5) is 8.78 Å². The lowest BCUT2D eigenvalue weighted by Crippen LogP contribution is -2.07. The zero-order chi connectivity index (χ0) is 12.8. The normalized spacial score (nSPS) is 10.8. The molecule has 0 unspecified atom stereocenters. The third kappa shape index (κ3) is 4.07. The van der Waals surface area contributed by atoms with Gasteiger partial charge in [-0.2, -0.15) is 0 Å². The Labute approximate surface area is 107 Å². The van der Waals surface area contributed by atoms with Crippen molar-refractivity contribution in [2.75, 3.05) is 5.33 Å². The molecular weight excluding hydrogens is 294 g/mol. The second kappa shape index (κ2) is 6.69. The van der Waals surface area contributed by atoms with Crippen LogP contribution in [-0.2, 0) is 17.6 Å². The number of hydrogen-bond acceptors (Lipinski definition) is 1. The van der Waals surface area contributed by atoms with Gasteiger partial charge in [-0.15, -0.1) is 0 Å². The summed E-state index contributed by atoms with van der Waals surface area (Å²) in [5, 5.41) is 9.45. The number of carboxylic acids is 1. The SMILES string of the molecule is O=C(O)Cc1cccc(C(F)F)c1CCCBr. The predicted octanol–water partition coefficient (Wildman–Crippen LogP) is 3.58. The molecule has 0 fully saturated rings. The molecule has 0 saturated heterocycles. The molecule has 2 nitrogen and oxygen atoms in total. The minimum atomic E-state index is -2.56. The van der Waals surface area contributed by atoms with Gasteiger partial charge in [0.15, 0.2) is 0 Å². The monoisotopic (exact) mass is 306 g/mol. The molecule has 5 heteroatoms. The quantitative estimate of drug-likeness (QED) is 0.816. The standard InChI is InChI=1S/C12H13BrF2O2/c13-6-2-5-9-8(7-11(16)17)3-1-4-10(9)12(14)15/h1,3-4,12H,2,5-7H2,(H,16,17). The summed E-state index contributed by atoms with van der Waals surface area (Å²) in [5.41, 5.74) is 0.908. The minimum absolute atomic E-state index is 0.0512. The van der Waals surface area contributed by atoms with Crippen molar-refractivity contribution in [3.8, 4) is 0 Å². The summed E-state index contributed by atoms with van der Waals surface area (Å²) in [7, 11) is 0. The van der Waals surface area contributed by atoms with E-state index in [0.29, 0.717) is 29.3 Å². The lowest BCUT2D eigenvalue weighted by atomic mass is 9.95. The van der Waals surface area contributed by atoms with Crippen LogP contribution < -0.4 is 0 Å². The van der Waals surface area contributed by atoms with Gasteiger partial charge in [-0.3, -0.25) is 4.79 Å². The third-order valence-corrected chi connectivity index (χ3v) is 3.01. The van der Waals surface area contributed by atoms with Crippen LogP contribution >= 0.6 is 15.9 Å². The van der Waals surface area contributed by atoms with Crippen molar-refractivity contribution in [1.82, 2.24) is 0 Å². The number of carbonyl (C=O) groups is 1. The second-order valence-corrected chi connectivity index (χ2v) is 4.44. The molecule has 0 spiro atoms. The lowest BCUT2D eigenvalue weighted by Gasteiger charge is -2.13. The molecule has 0 amide bonds. The third-order valence-electron chi connectivity index (χ3n) is 2.45. The van der Waals surface area contributed by atoms with Gasteiger partial charge in [-0.25, -0.2) is 8.78 Å². The molecule has 1 N–H and O–H groups in total. The number of carboxylic acid groups (broad SMARTS) is 1. The van der Waals surface area contributed by atoms with Gasteiger partial charge in [0.2, 0.25) is 0 Å². The van der Waals surface area contributed by atoms with Gasteiger partial charge >= 0.3 is 5.97 Å². The van der Waals surface area contributed by atoms with Gasteiger partial charge < -0.3 is 5.11 Å². The molecule has 94 valence electrons. The Morgan fingerprint density at radius 1 is 1.41 bits per heavy atom. The average Bonchev–Trinajstić information content (AvgIpc) is 2.26. The molecule has 0 heterocycles. The van der Waals surface area contributed by atoms with Crippen LogP contribution in [0.5, 0.6) is 0 Å². The van der Waals surface area contributed by atoms with E-state index < -0.39 is 12.4 Å². The molecule has 0 atom stereocenters. The fourth-order valence-electron chi connectivity index (χ4n) is 1.74. The van der Waals surface area contributed by atoms with Crippen LogP contribution in [0.2, 0.25) is 0 Å². The Balaban J connectivity index is 3.09. The van der Waals surface area contributed by atoms with E-state index in [1.54, 1.807) is 6.07 Å². The Morgan fingerprint density at radius 2 is 2.12 bits per heavy atom. The van der Waals surface area contributed by atoms with Crippen LogP contribution in [0.3, 0.4) is 0 Å². The van der Waals surface area contributed by atoms with Crippen molar-refractivity contribution in [1.29, 1.82) is 0 Å². The van der Waals surface area contributed by atoms with Gasteiger partial charge in [0.05, 0.1) is 6.42 Å². The van der Waals surface area contributed by atoms with Gasteiger partial charge in [0.25, 0.3) is 6.43 Å². The summed E-state index contributed by atoms with van der Waals surface area (Å²) in [5.74, 6) is -1.00. The molecule has 0 aromatic heterocycles. The van der Waals surface area contributed by atoms with Crippen LogP contribution in [-0.4, -0.2) is 16.4 Å². The van der Waals surface area contributed by atoms with E-state index in [1.165, 1.54) is 12.1 Å². The van der Waals surface area contributed by atoms with Crippen LogP contribution in [0.1, 0.15) is 29.5 Å². The molecule has 17 heavy (non-hydrogen) atoms. The summed E-state index contributed by atoms with van der Waals surface area (Å²) in [6, 6.07) is 4.44. The van der Waals surface area contributed by atoms with Crippen LogP contribution in [0.25, 0.3) is 0 Å². The fraction of sp³-hybridized carbons (Fsp3) is 0.417. The summed E-state index contributed by atoms with van der Waals surface area (Å²) in [6.07, 6.45) is -1.60. The maximum absolute atomic E-state index is 12.8. The van der Waals surface area contributed by atoms with Gasteiger partial charge in [0, 0.05) is 10.9 Å². The van der Waals surface area contributed by atoms with E-state index >= 15 is 0 Å². The highest BCUT2D eigenvalue weighted by Crippen LogP contribution is 2.27. The maximum Gasteiger partial charge on any atom is 0.307 e. The van der Waals surface area contributed by atoms with Crippen molar-refractivity contribution in [3.05, 3.63) is 34.9 Å². The molecule has 0 aliphatic carbocycles. The summed E-state index contributed by atoms with van der Waals surface area (Å²) in [4.78, 5) is 10.7. The number of hydrogen-bond donors (Lipinski definition) is 1. The Bertz CT molecular complexity index is 394. The van der Waals surface area contributed by atoms with Crippen LogP contribution in [0, 0.1) is 0 Å². The zero-order valence-corrected chi connectivity index (χ0v) is 10.7. The molecule has 0 aliphatic heterocycles. The average molecular weight is 307 g/mol. The van der Waals surface area contributed by atoms with Crippen molar-refractivity contribution in [2.24, 2.45) is 0 Å². The molecule has 1 rings (SSSR count). The van der Waals surface area contributed by atoms with E-state index in [9.17, 15) is 13.6 Å². The molecule has 1 aromatic rings. The maximum atomic E-state index is 12.8. The summed E-state index contributed by atoms with van der Waals surface area (Å²) < 4.78 is 25.6. The van der Waals surface area contributed by atoms with E-state index in [1.807, 2.05) is 0 Å². The first-order valence-corrected chi connectivity index (χ1v) is 6.35. The van der Waals surface area contributed by atoms with Gasteiger partial charge in [0.1, 0.15) is 0 Å². The Kier molecular flexibility index (Phi) is 5.55. The Hall–Kier alpha value is -0.970. The van der Waals surface area contributed by atoms with E-state index in [2.05, 4.69) is 15.9 Å². The van der Waals surface area contributed by atoms with Gasteiger partial charge in [-0.05, 0) is 24.0 Å². The van der Waals surface area contributed by atoms with Crippen molar-refractivity contribution < 1.29 is 18.7 Å². The van der Waals surface area contributed by atoms with Crippen LogP contribution in [0.15, 0.2) is 18.2 Å². The van der Waals surface area contributed by atoms with E-state index in [0.717, 1.165) is 0 Å². The highest BCUT2D eigenvalue weighted by molar-refractivity contribution is 9.09. The number of benzene rings is 1. The van der Waals surface area contributed by atoms with Crippen molar-refractivity contribution in [2.45, 2.75) is 25.7 Å². The van der Waals surface area contributed by atoms with E-state index in [-0.39, 0.29) is 12.0 Å². The van der Waals surface area contributed by atoms with Crippen molar-refractivity contribution in [3.63, 3.8) is 0 Å². The smallest absolute Gasteiger partial charge is 0.307 e. The number of halogens is 3. The lowest BCUT2D eigenvalue weighted by molar-refractivity contribution is -0.136. The highest BCUT2D eigenvalue weighted by Gasteiger charge is 2.16. The molecule has 0 saturated carbocycles. The van der Waals surface area contributed by atoms with E-state index in [4.69, 9.17) is 5.11 Å². The predicted molar refractivity (Wildman–Crippen MR) is 64.9 cm³/mol. The highest BCUT2D eigenvalue weighted by atomic mass is 79.9. The molecule has 0 radical (unpaired) electrons. The minimum Gasteiger partial charge on any atom is -0.481 e. The fourth-order valence-corrected chi connectivity index (χ4v) is 2.02. The summed E-state index contributed by atoms with van der Waals surface area (Å²) >= 11 is 3.24. The number of aliphatic carboxylic acids is 1. The first-order valence-electron chi connectivity index (χ1n) is 5.22. The molecule has 0 aliphatic rings. The molecule has 0 bridgehead atoms. The number of alkyl halides is 3.